The highest BCUT2D eigenvalue weighted by atomic mass is 15.2. The Bertz CT molecular complexity index is 1340. The summed E-state index contributed by atoms with van der Waals surface area (Å²) in [6.45, 7) is 25.8. The molecule has 2 aliphatic heterocycles. The molecule has 3 heteroatoms. The lowest BCUT2D eigenvalue weighted by Crippen LogP contribution is -2.64. The van der Waals surface area contributed by atoms with Gasteiger partial charge in [0, 0.05) is 36.8 Å². The van der Waals surface area contributed by atoms with Gasteiger partial charge in [0.25, 0.3) is 6.71 Å². The fourth-order valence-corrected chi connectivity index (χ4v) is 7.16. The van der Waals surface area contributed by atoms with Gasteiger partial charge >= 0.3 is 0 Å². The van der Waals surface area contributed by atoms with E-state index in [9.17, 15) is 0 Å². The van der Waals surface area contributed by atoms with Gasteiger partial charge in [-0.05, 0) is 143 Å². The van der Waals surface area contributed by atoms with E-state index in [2.05, 4.69) is 100 Å². The Balaban J connectivity index is 0.00000160. The minimum Gasteiger partial charge on any atom is -0.345 e. The maximum Gasteiger partial charge on any atom is 0.252 e. The molecular weight excluding hydrogens is 447 g/mol. The number of benzene rings is 3. The highest BCUT2D eigenvalue weighted by molar-refractivity contribution is 7.01. The van der Waals surface area contributed by atoms with Crippen LogP contribution in [-0.2, 0) is 0 Å². The van der Waals surface area contributed by atoms with Crippen LogP contribution in [0.2, 0.25) is 0 Å². The summed E-state index contributed by atoms with van der Waals surface area (Å²) in [4.78, 5) is 5.03. The molecule has 0 saturated heterocycles. The Morgan fingerprint density at radius 1 is 0.324 bits per heavy atom. The van der Waals surface area contributed by atoms with Gasteiger partial charge in [0.2, 0.25) is 0 Å². The Hall–Kier alpha value is -2.68. The zero-order valence-electron chi connectivity index (χ0n) is 23.5. The average Bonchev–Trinajstić information content (AvgIpc) is 2.80. The lowest BCUT2D eigenvalue weighted by molar-refractivity contribution is 1.09. The first-order valence-electron chi connectivity index (χ1n) is 12.7. The molecule has 0 aliphatic carbocycles. The van der Waals surface area contributed by atoms with E-state index in [1.165, 1.54) is 100 Å². The Morgan fingerprint density at radius 2 is 0.541 bits per heavy atom. The lowest BCUT2D eigenvalue weighted by atomic mass is 9.31. The normalized spacial score (nSPS) is 12.7. The molecule has 2 nitrogen and oxygen atoms in total. The molecule has 5 rings (SSSR count). The molecule has 200 valence electrons. The van der Waals surface area contributed by atoms with Crippen LogP contribution in [0.15, 0.2) is 0 Å². The lowest BCUT2D eigenvalue weighted by Gasteiger charge is -2.47. The van der Waals surface area contributed by atoms with E-state index in [1.54, 1.807) is 0 Å². The van der Waals surface area contributed by atoms with Gasteiger partial charge in [0.05, 0.1) is 0 Å². The Kier molecular flexibility index (Phi) is 7.90. The predicted octanol–water partition coefficient (Wildman–Crippen LogP) is 7.67. The van der Waals surface area contributed by atoms with Crippen molar-refractivity contribution < 1.29 is 0 Å². The second kappa shape index (κ2) is 9.57. The standard InChI is InChI=1S/C31H39BN2.3CH4/c1-14-16(3)21(8)28-25(19(14)6)32-26-20(7)15(2)17(4)22(9)29(26)34(13)31-24(11)18(5)23(10)30(27(31)32)33(28)12;;;/h1-13H3;3*1H4. The predicted molar refractivity (Wildman–Crippen MR) is 172 cm³/mol. The monoisotopic (exact) mass is 498 g/mol. The van der Waals surface area contributed by atoms with Crippen molar-refractivity contribution in [2.45, 2.75) is 98.4 Å². The van der Waals surface area contributed by atoms with E-state index in [1.807, 2.05) is 0 Å². The molecule has 0 bridgehead atoms. The van der Waals surface area contributed by atoms with E-state index in [0.717, 1.165) is 0 Å². The van der Waals surface area contributed by atoms with Crippen molar-refractivity contribution in [2.24, 2.45) is 0 Å². The van der Waals surface area contributed by atoms with Crippen molar-refractivity contribution in [1.82, 2.24) is 0 Å². The summed E-state index contributed by atoms with van der Waals surface area (Å²) in [6, 6.07) is 0. The van der Waals surface area contributed by atoms with E-state index >= 15 is 0 Å². The van der Waals surface area contributed by atoms with Crippen molar-refractivity contribution in [3.05, 3.63) is 61.2 Å². The van der Waals surface area contributed by atoms with Gasteiger partial charge in [-0.2, -0.15) is 0 Å². The molecule has 0 amide bonds. The minimum absolute atomic E-state index is 0. The molecule has 0 spiro atoms. The number of hydrogen-bond donors (Lipinski definition) is 0. The molecule has 0 fully saturated rings. The third-order valence-corrected chi connectivity index (χ3v) is 9.96. The molecule has 2 heterocycles. The zero-order valence-corrected chi connectivity index (χ0v) is 23.5. The summed E-state index contributed by atoms with van der Waals surface area (Å²) in [7, 11) is 4.59. The number of anilines is 4. The van der Waals surface area contributed by atoms with E-state index in [4.69, 9.17) is 0 Å². The van der Waals surface area contributed by atoms with Gasteiger partial charge in [-0.3, -0.25) is 0 Å². The molecule has 0 atom stereocenters. The maximum absolute atomic E-state index is 2.52. The third kappa shape index (κ3) is 3.45. The van der Waals surface area contributed by atoms with Crippen molar-refractivity contribution >= 4 is 45.9 Å². The summed E-state index contributed by atoms with van der Waals surface area (Å²) < 4.78 is 0. The third-order valence-electron chi connectivity index (χ3n) is 9.96. The average molecular weight is 499 g/mol. The summed E-state index contributed by atoms with van der Waals surface area (Å²) in [6.07, 6.45) is 0. The zero-order chi connectivity index (χ0) is 25.1. The maximum atomic E-state index is 2.52. The second-order valence-electron chi connectivity index (χ2n) is 11.1. The van der Waals surface area contributed by atoms with Crippen LogP contribution in [0.1, 0.15) is 83.5 Å². The van der Waals surface area contributed by atoms with Crippen LogP contribution in [0.25, 0.3) is 0 Å². The fourth-order valence-electron chi connectivity index (χ4n) is 7.16. The van der Waals surface area contributed by atoms with Crippen LogP contribution in [0.5, 0.6) is 0 Å². The number of hydrogen-bond acceptors (Lipinski definition) is 2. The second-order valence-corrected chi connectivity index (χ2v) is 11.1. The molecular formula is C34H51BN2. The highest BCUT2D eigenvalue weighted by Gasteiger charge is 2.46. The molecule has 3 aromatic carbocycles. The first-order chi connectivity index (χ1) is 15.8. The van der Waals surface area contributed by atoms with Crippen LogP contribution >= 0.6 is 0 Å². The minimum atomic E-state index is 0. The number of nitrogens with zero attached hydrogens (tertiary/aromatic N) is 2. The smallest absolute Gasteiger partial charge is 0.252 e. The first-order valence-corrected chi connectivity index (χ1v) is 12.7. The molecule has 2 aliphatic rings. The summed E-state index contributed by atoms with van der Waals surface area (Å²) in [5.41, 5.74) is 25.9. The number of fused-ring (bicyclic) bond motifs is 4. The number of rotatable bonds is 0. The van der Waals surface area contributed by atoms with Crippen molar-refractivity contribution in [3.8, 4) is 0 Å². The van der Waals surface area contributed by atoms with Gasteiger partial charge in [-0.25, -0.2) is 0 Å². The molecule has 0 N–H and O–H groups in total. The van der Waals surface area contributed by atoms with Crippen LogP contribution < -0.4 is 26.2 Å². The van der Waals surface area contributed by atoms with Crippen LogP contribution in [0.4, 0.5) is 22.7 Å². The SMILES string of the molecule is C.C.C.Cc1c(C)c(C)c2c(c1C)B1c3c(C)c(C)c(C)c(C)c3N(C)c3c(C)c(C)c(C)c(c31)N2C. The molecule has 0 unspecified atom stereocenters. The summed E-state index contributed by atoms with van der Waals surface area (Å²) >= 11 is 0. The molecule has 3 aromatic rings. The van der Waals surface area contributed by atoms with E-state index in [-0.39, 0.29) is 29.0 Å². The topological polar surface area (TPSA) is 6.48 Å². The van der Waals surface area contributed by atoms with Crippen molar-refractivity contribution in [3.63, 3.8) is 0 Å². The Labute approximate surface area is 229 Å². The van der Waals surface area contributed by atoms with Gasteiger partial charge in [-0.1, -0.05) is 33.4 Å². The fraction of sp³-hybridized carbons (Fsp3) is 0.471. The molecule has 0 radical (unpaired) electrons. The molecule has 0 aromatic heterocycles. The summed E-state index contributed by atoms with van der Waals surface area (Å²) in [5, 5.41) is 0. The molecule has 37 heavy (non-hydrogen) atoms. The van der Waals surface area contributed by atoms with Crippen LogP contribution in [-0.4, -0.2) is 20.8 Å². The van der Waals surface area contributed by atoms with E-state index < -0.39 is 0 Å². The van der Waals surface area contributed by atoms with Crippen LogP contribution in [0.3, 0.4) is 0 Å². The molecule has 0 saturated carbocycles. The quantitative estimate of drug-likeness (QED) is 0.294. The largest absolute Gasteiger partial charge is 0.345 e. The first kappa shape index (κ1) is 30.5. The highest BCUT2D eigenvalue weighted by Crippen LogP contribution is 2.45. The van der Waals surface area contributed by atoms with Gasteiger partial charge in [-0.15, -0.1) is 0 Å². The van der Waals surface area contributed by atoms with Gasteiger partial charge < -0.3 is 9.80 Å². The Morgan fingerprint density at radius 3 is 0.838 bits per heavy atom. The van der Waals surface area contributed by atoms with E-state index in [0.29, 0.717) is 0 Å². The van der Waals surface area contributed by atoms with Gasteiger partial charge in [0.15, 0.2) is 0 Å². The van der Waals surface area contributed by atoms with Gasteiger partial charge in [0.1, 0.15) is 0 Å². The summed E-state index contributed by atoms with van der Waals surface area (Å²) in [5.74, 6) is 0. The van der Waals surface area contributed by atoms with Crippen LogP contribution in [0, 0.1) is 76.2 Å². The van der Waals surface area contributed by atoms with Crippen molar-refractivity contribution in [2.75, 3.05) is 23.9 Å². The van der Waals surface area contributed by atoms with Crippen molar-refractivity contribution in [1.29, 1.82) is 0 Å².